The molecule has 0 aliphatic carbocycles. The molecule has 0 radical (unpaired) electrons. The first-order valence-electron chi connectivity index (χ1n) is 3.65. The number of para-hydroxylation sites is 1. The van der Waals surface area contributed by atoms with Gasteiger partial charge in [0.15, 0.2) is 17.3 Å². The highest BCUT2D eigenvalue weighted by Crippen LogP contribution is 2.29. The number of aromatic hydroxyl groups is 1. The van der Waals surface area contributed by atoms with Crippen LogP contribution in [0.25, 0.3) is 0 Å². The van der Waals surface area contributed by atoms with Crippen LogP contribution in [0.4, 0.5) is 0 Å². The summed E-state index contributed by atoms with van der Waals surface area (Å²) in [5, 5.41) is 9.71. The van der Waals surface area contributed by atoms with Gasteiger partial charge in [-0.2, -0.15) is 0 Å². The second-order valence-electron chi connectivity index (χ2n) is 2.41. The molecule has 0 fully saturated rings. The maximum atomic E-state index is 11.2. The molecule has 1 aromatic carbocycles. The molecule has 3 nitrogen and oxygen atoms in total. The van der Waals surface area contributed by atoms with Gasteiger partial charge in [0.2, 0.25) is 0 Å². The number of ketones is 1. The monoisotopic (exact) mass is 244 g/mol. The highest BCUT2D eigenvalue weighted by molar-refractivity contribution is 9.09. The summed E-state index contributed by atoms with van der Waals surface area (Å²) >= 11 is 3.03. The summed E-state index contributed by atoms with van der Waals surface area (Å²) in [5.41, 5.74) is 0.274. The minimum Gasteiger partial charge on any atom is -0.504 e. The lowest BCUT2D eigenvalue weighted by atomic mass is 10.1. The van der Waals surface area contributed by atoms with E-state index in [1.165, 1.54) is 7.11 Å². The van der Waals surface area contributed by atoms with Crippen LogP contribution in [-0.4, -0.2) is 23.3 Å². The third-order valence-electron chi connectivity index (χ3n) is 1.64. The van der Waals surface area contributed by atoms with Crippen molar-refractivity contribution in [3.63, 3.8) is 0 Å². The second-order valence-corrected chi connectivity index (χ2v) is 2.97. The molecule has 0 saturated heterocycles. The lowest BCUT2D eigenvalue weighted by Gasteiger charge is -2.05. The molecule has 0 spiro atoms. The number of phenols is 1. The van der Waals surface area contributed by atoms with Gasteiger partial charge < -0.3 is 9.84 Å². The molecule has 70 valence electrons. The van der Waals surface area contributed by atoms with Crippen molar-refractivity contribution in [3.8, 4) is 11.5 Å². The Morgan fingerprint density at radius 2 is 2.31 bits per heavy atom. The van der Waals surface area contributed by atoms with E-state index >= 15 is 0 Å². The van der Waals surface area contributed by atoms with Crippen LogP contribution in [0, 0.1) is 0 Å². The zero-order chi connectivity index (χ0) is 9.84. The normalized spacial score (nSPS) is 9.69. The number of methoxy groups -OCH3 is 1. The van der Waals surface area contributed by atoms with E-state index in [1.54, 1.807) is 18.2 Å². The van der Waals surface area contributed by atoms with E-state index in [0.29, 0.717) is 5.75 Å². The van der Waals surface area contributed by atoms with E-state index in [1.807, 2.05) is 0 Å². The minimum absolute atomic E-state index is 0.102. The predicted octanol–water partition coefficient (Wildman–Crippen LogP) is 1.98. The molecule has 1 rings (SSSR count). The number of phenolic OH excluding ortho intramolecular Hbond substituents is 1. The number of rotatable bonds is 3. The van der Waals surface area contributed by atoms with Gasteiger partial charge >= 0.3 is 0 Å². The van der Waals surface area contributed by atoms with Gasteiger partial charge in [-0.1, -0.05) is 22.0 Å². The molecular formula is C9H9BrO3. The summed E-state index contributed by atoms with van der Waals surface area (Å²) in [6, 6.07) is 4.82. The van der Waals surface area contributed by atoms with Crippen molar-refractivity contribution in [1.29, 1.82) is 0 Å². The summed E-state index contributed by atoms with van der Waals surface area (Å²) in [7, 11) is 1.44. The summed E-state index contributed by atoms with van der Waals surface area (Å²) < 4.78 is 4.86. The van der Waals surface area contributed by atoms with Crippen molar-refractivity contribution in [1.82, 2.24) is 0 Å². The Morgan fingerprint density at radius 3 is 2.85 bits per heavy atom. The molecule has 0 aromatic heterocycles. The van der Waals surface area contributed by atoms with E-state index in [2.05, 4.69) is 15.9 Å². The highest BCUT2D eigenvalue weighted by Gasteiger charge is 2.12. The van der Waals surface area contributed by atoms with E-state index < -0.39 is 0 Å². The Kier molecular flexibility index (Phi) is 3.31. The molecule has 1 aromatic rings. The van der Waals surface area contributed by atoms with Gasteiger partial charge in [0.25, 0.3) is 0 Å². The Labute approximate surface area is 84.5 Å². The predicted molar refractivity (Wildman–Crippen MR) is 52.8 cm³/mol. The lowest BCUT2D eigenvalue weighted by molar-refractivity contribution is 0.102. The molecular weight excluding hydrogens is 236 g/mol. The van der Waals surface area contributed by atoms with Crippen LogP contribution < -0.4 is 4.74 Å². The Bertz CT molecular complexity index is 323. The fourth-order valence-corrected chi connectivity index (χ4v) is 1.29. The zero-order valence-electron chi connectivity index (χ0n) is 7.08. The molecule has 0 amide bonds. The number of halogens is 1. The zero-order valence-corrected chi connectivity index (χ0v) is 8.67. The van der Waals surface area contributed by atoms with Crippen LogP contribution in [0.15, 0.2) is 18.2 Å². The molecule has 0 unspecified atom stereocenters. The van der Waals surface area contributed by atoms with Crippen molar-refractivity contribution in [2.45, 2.75) is 0 Å². The number of ether oxygens (including phenoxy) is 1. The number of carbonyl (C=O) groups excluding carboxylic acids is 1. The Hall–Kier alpha value is -1.03. The van der Waals surface area contributed by atoms with Crippen molar-refractivity contribution in [2.24, 2.45) is 0 Å². The molecule has 4 heteroatoms. The third-order valence-corrected chi connectivity index (χ3v) is 2.15. The number of benzene rings is 1. The van der Waals surface area contributed by atoms with Gasteiger partial charge in [-0.3, -0.25) is 4.79 Å². The number of carbonyl (C=O) groups is 1. The van der Waals surface area contributed by atoms with Gasteiger partial charge in [0, 0.05) is 0 Å². The highest BCUT2D eigenvalue weighted by atomic mass is 79.9. The number of alkyl halides is 1. The lowest BCUT2D eigenvalue weighted by Crippen LogP contribution is -2.00. The molecule has 0 atom stereocenters. The van der Waals surface area contributed by atoms with E-state index in [9.17, 15) is 9.90 Å². The van der Waals surface area contributed by atoms with Gasteiger partial charge in [-0.15, -0.1) is 0 Å². The maximum Gasteiger partial charge on any atom is 0.177 e. The average molecular weight is 245 g/mol. The largest absolute Gasteiger partial charge is 0.504 e. The fraction of sp³-hybridized carbons (Fsp3) is 0.222. The van der Waals surface area contributed by atoms with Crippen LogP contribution in [0.1, 0.15) is 10.4 Å². The Balaban J connectivity index is 3.15. The second kappa shape index (κ2) is 4.28. The maximum absolute atomic E-state index is 11.2. The third kappa shape index (κ3) is 2.01. The number of hydrogen-bond acceptors (Lipinski definition) is 3. The Morgan fingerprint density at radius 1 is 1.62 bits per heavy atom. The molecule has 0 heterocycles. The van der Waals surface area contributed by atoms with E-state index in [-0.39, 0.29) is 22.4 Å². The van der Waals surface area contributed by atoms with Gasteiger partial charge in [0.05, 0.1) is 18.0 Å². The first-order chi connectivity index (χ1) is 6.20. The average Bonchev–Trinajstić information content (AvgIpc) is 2.17. The SMILES string of the molecule is COc1cccc(C(=O)CBr)c1O. The smallest absolute Gasteiger partial charge is 0.177 e. The standard InChI is InChI=1S/C9H9BrO3/c1-13-8-4-2-3-6(9(8)12)7(11)5-10/h2-4,12H,5H2,1H3. The molecule has 1 N–H and O–H groups in total. The summed E-state index contributed by atoms with van der Waals surface area (Å²) in [4.78, 5) is 11.2. The minimum atomic E-state index is -0.170. The van der Waals surface area contributed by atoms with Crippen molar-refractivity contribution >= 4 is 21.7 Å². The molecule has 0 aliphatic rings. The van der Waals surface area contributed by atoms with Crippen LogP contribution in [0.3, 0.4) is 0 Å². The van der Waals surface area contributed by atoms with E-state index in [0.717, 1.165) is 0 Å². The molecule has 0 aliphatic heterocycles. The van der Waals surface area contributed by atoms with Gasteiger partial charge in [-0.25, -0.2) is 0 Å². The van der Waals surface area contributed by atoms with E-state index in [4.69, 9.17) is 4.74 Å². The summed E-state index contributed by atoms with van der Waals surface area (Å²) in [6.07, 6.45) is 0. The van der Waals surface area contributed by atoms with Gasteiger partial charge in [0.1, 0.15) is 0 Å². The van der Waals surface area contributed by atoms with Gasteiger partial charge in [-0.05, 0) is 12.1 Å². The first-order valence-corrected chi connectivity index (χ1v) is 4.78. The van der Waals surface area contributed by atoms with Crippen LogP contribution >= 0.6 is 15.9 Å². The first kappa shape index (κ1) is 10.1. The van der Waals surface area contributed by atoms with Crippen LogP contribution in [-0.2, 0) is 0 Å². The topological polar surface area (TPSA) is 46.5 Å². The number of hydrogen-bond donors (Lipinski definition) is 1. The summed E-state index contributed by atoms with van der Waals surface area (Å²) in [6.45, 7) is 0. The summed E-state index contributed by atoms with van der Waals surface area (Å²) in [5.74, 6) is 0.0395. The molecule has 0 bridgehead atoms. The molecule has 13 heavy (non-hydrogen) atoms. The quantitative estimate of drug-likeness (QED) is 0.654. The van der Waals surface area contributed by atoms with Crippen LogP contribution in [0.5, 0.6) is 11.5 Å². The van der Waals surface area contributed by atoms with Crippen LogP contribution in [0.2, 0.25) is 0 Å². The van der Waals surface area contributed by atoms with Crippen molar-refractivity contribution in [3.05, 3.63) is 23.8 Å². The number of Topliss-reactive ketones (excluding diaryl/α,β-unsaturated/α-hetero) is 1. The van der Waals surface area contributed by atoms with Crippen molar-refractivity contribution in [2.75, 3.05) is 12.4 Å². The fourth-order valence-electron chi connectivity index (χ4n) is 0.984. The molecule has 0 saturated carbocycles. The van der Waals surface area contributed by atoms with Crippen molar-refractivity contribution < 1.29 is 14.6 Å².